The summed E-state index contributed by atoms with van der Waals surface area (Å²) in [4.78, 5) is 23.5. The number of hydrogen-bond donors (Lipinski definition) is 1. The summed E-state index contributed by atoms with van der Waals surface area (Å²) >= 11 is 0. The highest BCUT2D eigenvalue weighted by atomic mass is 19.1. The molecule has 5 nitrogen and oxygen atoms in total. The van der Waals surface area contributed by atoms with E-state index in [2.05, 4.69) is 26.3 Å². The summed E-state index contributed by atoms with van der Waals surface area (Å²) in [6.45, 7) is 2.34. The van der Waals surface area contributed by atoms with Crippen LogP contribution in [0.3, 0.4) is 0 Å². The lowest BCUT2D eigenvalue weighted by Crippen LogP contribution is -2.41. The van der Waals surface area contributed by atoms with Gasteiger partial charge in [-0.1, -0.05) is 11.6 Å². The Morgan fingerprint density at radius 2 is 1.93 bits per heavy atom. The molecule has 1 fully saturated rings. The van der Waals surface area contributed by atoms with Crippen molar-refractivity contribution in [2.45, 2.75) is 44.9 Å². The lowest BCUT2D eigenvalue weighted by Gasteiger charge is -2.32. The van der Waals surface area contributed by atoms with E-state index in [1.807, 2.05) is 6.07 Å². The van der Waals surface area contributed by atoms with Gasteiger partial charge < -0.3 is 10.2 Å². The maximum Gasteiger partial charge on any atom is 0.223 e. The van der Waals surface area contributed by atoms with Gasteiger partial charge in [-0.2, -0.15) is 0 Å². The van der Waals surface area contributed by atoms with Gasteiger partial charge in [0.15, 0.2) is 0 Å². The molecule has 6 heteroatoms. The number of nitrogens with zero attached hydrogens (tertiary/aromatic N) is 3. The number of carbonyl (C=O) groups excluding carboxylic acids is 1. The van der Waals surface area contributed by atoms with Crippen molar-refractivity contribution in [1.82, 2.24) is 15.3 Å². The number of allylic oxidation sites excluding steroid dienone is 1. The molecule has 30 heavy (non-hydrogen) atoms. The van der Waals surface area contributed by atoms with E-state index in [1.54, 1.807) is 18.5 Å². The van der Waals surface area contributed by atoms with Crippen molar-refractivity contribution >= 4 is 11.7 Å². The summed E-state index contributed by atoms with van der Waals surface area (Å²) in [7, 11) is 0. The molecule has 1 aromatic heterocycles. The number of nitrogens with one attached hydrogen (secondary N) is 1. The lowest BCUT2D eigenvalue weighted by atomic mass is 9.95. The third kappa shape index (κ3) is 5.23. The number of anilines is 1. The van der Waals surface area contributed by atoms with Crippen molar-refractivity contribution in [2.24, 2.45) is 5.92 Å². The minimum absolute atomic E-state index is 0.0694. The Morgan fingerprint density at radius 1 is 1.13 bits per heavy atom. The molecular weight excluding hydrogens is 379 g/mol. The van der Waals surface area contributed by atoms with E-state index in [-0.39, 0.29) is 17.6 Å². The van der Waals surface area contributed by atoms with Crippen LogP contribution in [0.4, 0.5) is 10.2 Å². The second-order valence-corrected chi connectivity index (χ2v) is 8.18. The Balaban J connectivity index is 1.28. The number of amides is 1. The van der Waals surface area contributed by atoms with Gasteiger partial charge in [-0.25, -0.2) is 14.4 Å². The molecule has 1 saturated heterocycles. The third-order valence-electron chi connectivity index (χ3n) is 6.11. The van der Waals surface area contributed by atoms with Crippen molar-refractivity contribution < 1.29 is 9.18 Å². The van der Waals surface area contributed by atoms with E-state index in [4.69, 9.17) is 0 Å². The number of rotatable bonds is 6. The molecular formula is C24H29FN4O. The summed E-state index contributed by atoms with van der Waals surface area (Å²) in [6.07, 6.45) is 11.5. The average Bonchev–Trinajstić information content (AvgIpc) is 2.80. The van der Waals surface area contributed by atoms with Gasteiger partial charge in [0.25, 0.3) is 0 Å². The molecule has 4 rings (SSSR count). The lowest BCUT2D eigenvalue weighted by molar-refractivity contribution is -0.125. The van der Waals surface area contributed by atoms with E-state index in [0.717, 1.165) is 56.0 Å². The van der Waals surface area contributed by atoms with Gasteiger partial charge in [-0.3, -0.25) is 4.79 Å². The Kier molecular flexibility index (Phi) is 6.72. The predicted octanol–water partition coefficient (Wildman–Crippen LogP) is 4.51. The van der Waals surface area contributed by atoms with Crippen LogP contribution in [0.5, 0.6) is 0 Å². The van der Waals surface area contributed by atoms with Crippen LogP contribution in [0, 0.1) is 11.7 Å². The molecule has 0 atom stereocenters. The largest absolute Gasteiger partial charge is 0.356 e. The zero-order valence-corrected chi connectivity index (χ0v) is 17.3. The summed E-state index contributed by atoms with van der Waals surface area (Å²) in [5, 5.41) is 3.13. The normalized spacial score (nSPS) is 17.5. The van der Waals surface area contributed by atoms with Gasteiger partial charge in [-0.15, -0.1) is 0 Å². The fourth-order valence-electron chi connectivity index (χ4n) is 4.29. The number of aromatic nitrogens is 2. The van der Waals surface area contributed by atoms with Crippen molar-refractivity contribution in [3.8, 4) is 11.3 Å². The average molecular weight is 409 g/mol. The Morgan fingerprint density at radius 3 is 2.67 bits per heavy atom. The second-order valence-electron chi connectivity index (χ2n) is 8.18. The highest BCUT2D eigenvalue weighted by Gasteiger charge is 2.25. The van der Waals surface area contributed by atoms with Crippen LogP contribution in [0.25, 0.3) is 11.3 Å². The van der Waals surface area contributed by atoms with E-state index in [1.165, 1.54) is 43.4 Å². The molecule has 1 amide bonds. The van der Waals surface area contributed by atoms with Crippen LogP contribution in [0.2, 0.25) is 0 Å². The van der Waals surface area contributed by atoms with Gasteiger partial charge in [0.1, 0.15) is 18.0 Å². The monoisotopic (exact) mass is 408 g/mol. The molecule has 1 aliphatic carbocycles. The molecule has 0 radical (unpaired) electrons. The van der Waals surface area contributed by atoms with Gasteiger partial charge in [0.2, 0.25) is 5.91 Å². The maximum absolute atomic E-state index is 13.2. The van der Waals surface area contributed by atoms with E-state index >= 15 is 0 Å². The number of hydrogen-bond acceptors (Lipinski definition) is 4. The van der Waals surface area contributed by atoms with Gasteiger partial charge in [-0.05, 0) is 69.2 Å². The molecule has 0 unspecified atom stereocenters. The zero-order chi connectivity index (χ0) is 20.8. The molecule has 2 heterocycles. The van der Waals surface area contributed by atoms with Crippen LogP contribution >= 0.6 is 0 Å². The van der Waals surface area contributed by atoms with Crippen LogP contribution in [-0.2, 0) is 4.79 Å². The van der Waals surface area contributed by atoms with Crippen molar-refractivity contribution in [1.29, 1.82) is 0 Å². The third-order valence-corrected chi connectivity index (χ3v) is 6.11. The number of carbonyl (C=O) groups is 1. The Bertz CT molecular complexity index is 888. The Hall–Kier alpha value is -2.76. The maximum atomic E-state index is 13.2. The minimum Gasteiger partial charge on any atom is -0.356 e. The fraction of sp³-hybridized carbons (Fsp3) is 0.458. The molecule has 1 N–H and O–H groups in total. The van der Waals surface area contributed by atoms with Crippen molar-refractivity contribution in [3.63, 3.8) is 0 Å². The molecule has 2 aromatic rings. The first kappa shape index (κ1) is 20.5. The molecule has 0 bridgehead atoms. The SMILES string of the molecule is O=C(NCCC1=CCCCC1)C1CCN(c2cc(-c3ccc(F)cc3)ncn2)CC1. The zero-order valence-electron chi connectivity index (χ0n) is 17.3. The summed E-state index contributed by atoms with van der Waals surface area (Å²) in [6, 6.07) is 8.26. The molecule has 1 aromatic carbocycles. The van der Waals surface area contributed by atoms with Crippen LogP contribution in [0.1, 0.15) is 44.9 Å². The van der Waals surface area contributed by atoms with Crippen LogP contribution in [-0.4, -0.2) is 35.5 Å². The first-order valence-electron chi connectivity index (χ1n) is 11.0. The first-order chi connectivity index (χ1) is 14.7. The van der Waals surface area contributed by atoms with Gasteiger partial charge in [0.05, 0.1) is 5.69 Å². The quantitative estimate of drug-likeness (QED) is 0.715. The first-order valence-corrected chi connectivity index (χ1v) is 11.0. The van der Waals surface area contributed by atoms with E-state index < -0.39 is 0 Å². The minimum atomic E-state index is -0.260. The van der Waals surface area contributed by atoms with Crippen molar-refractivity contribution in [2.75, 3.05) is 24.5 Å². The smallest absolute Gasteiger partial charge is 0.223 e. The number of halogens is 1. The summed E-state index contributed by atoms with van der Waals surface area (Å²) < 4.78 is 13.2. The van der Waals surface area contributed by atoms with E-state index in [0.29, 0.717) is 0 Å². The van der Waals surface area contributed by atoms with Crippen molar-refractivity contribution in [3.05, 3.63) is 54.1 Å². The standard InChI is InChI=1S/C24H29FN4O/c25-21-8-6-19(7-9-21)22-16-23(28-17-27-22)29-14-11-20(12-15-29)24(30)26-13-10-18-4-2-1-3-5-18/h4,6-9,16-17,20H,1-3,5,10-15H2,(H,26,30). The predicted molar refractivity (Wildman–Crippen MR) is 117 cm³/mol. The molecule has 158 valence electrons. The number of benzene rings is 1. The van der Waals surface area contributed by atoms with E-state index in [9.17, 15) is 9.18 Å². The summed E-state index contributed by atoms with van der Waals surface area (Å²) in [5.41, 5.74) is 3.14. The second kappa shape index (κ2) is 9.83. The highest BCUT2D eigenvalue weighted by Crippen LogP contribution is 2.25. The molecule has 1 aliphatic heterocycles. The fourth-order valence-corrected chi connectivity index (χ4v) is 4.29. The van der Waals surface area contributed by atoms with Crippen LogP contribution < -0.4 is 10.2 Å². The topological polar surface area (TPSA) is 58.1 Å². The highest BCUT2D eigenvalue weighted by molar-refractivity contribution is 5.79. The molecule has 2 aliphatic rings. The summed E-state index contributed by atoms with van der Waals surface area (Å²) in [5.74, 6) is 0.844. The molecule has 0 saturated carbocycles. The van der Waals surface area contributed by atoms with Gasteiger partial charge in [0, 0.05) is 37.2 Å². The van der Waals surface area contributed by atoms with Crippen LogP contribution in [0.15, 0.2) is 48.3 Å². The van der Waals surface area contributed by atoms with Gasteiger partial charge >= 0.3 is 0 Å². The molecule has 0 spiro atoms. The number of piperidine rings is 1. The Labute approximate surface area is 177 Å².